The van der Waals surface area contributed by atoms with E-state index in [1.54, 1.807) is 18.2 Å². The predicted octanol–water partition coefficient (Wildman–Crippen LogP) is 2.33. The molecule has 2 rings (SSSR count). The van der Waals surface area contributed by atoms with Gasteiger partial charge in [-0.1, -0.05) is 18.2 Å². The summed E-state index contributed by atoms with van der Waals surface area (Å²) in [6, 6.07) is 6.91. The first-order valence-electron chi connectivity index (χ1n) is 6.16. The Morgan fingerprint density at radius 1 is 1.47 bits per heavy atom. The van der Waals surface area contributed by atoms with Crippen LogP contribution in [-0.2, 0) is 11.2 Å². The van der Waals surface area contributed by atoms with Gasteiger partial charge in [-0.25, -0.2) is 4.39 Å². The number of halogens is 1. The van der Waals surface area contributed by atoms with Crippen molar-refractivity contribution in [2.45, 2.75) is 32.2 Å². The summed E-state index contributed by atoms with van der Waals surface area (Å²) < 4.78 is 13.4. The topological polar surface area (TPSA) is 29.1 Å². The highest BCUT2D eigenvalue weighted by molar-refractivity contribution is 5.83. The minimum Gasteiger partial charge on any atom is -0.314 e. The van der Waals surface area contributed by atoms with Crippen LogP contribution >= 0.6 is 0 Å². The molecule has 2 atom stereocenters. The van der Waals surface area contributed by atoms with E-state index < -0.39 is 0 Å². The molecule has 1 N–H and O–H groups in total. The van der Waals surface area contributed by atoms with Crippen molar-refractivity contribution in [2.75, 3.05) is 6.54 Å². The van der Waals surface area contributed by atoms with Gasteiger partial charge in [0.15, 0.2) is 0 Å². The number of ketones is 1. The highest BCUT2D eigenvalue weighted by Gasteiger charge is 2.24. The molecule has 1 aliphatic rings. The third-order valence-corrected chi connectivity index (χ3v) is 3.40. The molecule has 0 amide bonds. The minimum atomic E-state index is -0.275. The largest absolute Gasteiger partial charge is 0.314 e. The number of Topliss-reactive ketones (excluding diaryl/α,β-unsaturated/α-hetero) is 1. The van der Waals surface area contributed by atoms with Gasteiger partial charge in [0, 0.05) is 18.4 Å². The van der Waals surface area contributed by atoms with Crippen LogP contribution in [0.25, 0.3) is 0 Å². The van der Waals surface area contributed by atoms with Crippen molar-refractivity contribution in [1.82, 2.24) is 5.32 Å². The fraction of sp³-hybridized carbons (Fsp3) is 0.500. The maximum Gasteiger partial charge on any atom is 0.140 e. The van der Waals surface area contributed by atoms with Crippen LogP contribution in [-0.4, -0.2) is 18.4 Å². The first-order valence-corrected chi connectivity index (χ1v) is 6.16. The molecule has 1 fully saturated rings. The van der Waals surface area contributed by atoms with E-state index in [-0.39, 0.29) is 23.9 Å². The normalized spacial score (nSPS) is 24.6. The standard InChI is InChI=1S/C14H18FNO/c1-10-8-12(6-7-16-10)14(17)9-11-4-2-3-5-13(11)15/h2-5,10,12,16H,6-9H2,1H3/t10-,12-/m1/s1. The van der Waals surface area contributed by atoms with Crippen molar-refractivity contribution < 1.29 is 9.18 Å². The quantitative estimate of drug-likeness (QED) is 0.871. The molecule has 0 aliphatic carbocycles. The lowest BCUT2D eigenvalue weighted by Gasteiger charge is -2.27. The molecule has 1 saturated heterocycles. The van der Waals surface area contributed by atoms with Gasteiger partial charge >= 0.3 is 0 Å². The second-order valence-corrected chi connectivity index (χ2v) is 4.81. The summed E-state index contributed by atoms with van der Waals surface area (Å²) in [5, 5.41) is 3.32. The summed E-state index contributed by atoms with van der Waals surface area (Å²) in [5.74, 6) is -0.0165. The first kappa shape index (κ1) is 12.2. The molecular formula is C14H18FNO. The Morgan fingerprint density at radius 3 is 2.94 bits per heavy atom. The van der Waals surface area contributed by atoms with Crippen molar-refractivity contribution in [1.29, 1.82) is 0 Å². The molecule has 92 valence electrons. The zero-order chi connectivity index (χ0) is 12.3. The van der Waals surface area contributed by atoms with E-state index in [4.69, 9.17) is 0 Å². The molecule has 3 heteroatoms. The fourth-order valence-electron chi connectivity index (χ4n) is 2.40. The maximum absolute atomic E-state index is 13.4. The van der Waals surface area contributed by atoms with Crippen molar-refractivity contribution in [3.63, 3.8) is 0 Å². The molecule has 1 aromatic rings. The molecule has 0 spiro atoms. The summed E-state index contributed by atoms with van der Waals surface area (Å²) in [4.78, 5) is 12.1. The maximum atomic E-state index is 13.4. The number of piperidine rings is 1. The number of nitrogens with one attached hydrogen (secondary N) is 1. The Hall–Kier alpha value is -1.22. The Kier molecular flexibility index (Phi) is 3.89. The lowest BCUT2D eigenvalue weighted by Crippen LogP contribution is -2.38. The van der Waals surface area contributed by atoms with Gasteiger partial charge in [0.05, 0.1) is 0 Å². The Bertz CT molecular complexity index is 405. The van der Waals surface area contributed by atoms with Gasteiger partial charge in [-0.2, -0.15) is 0 Å². The van der Waals surface area contributed by atoms with E-state index in [1.807, 2.05) is 0 Å². The second kappa shape index (κ2) is 5.41. The van der Waals surface area contributed by atoms with Crippen LogP contribution in [0.4, 0.5) is 4.39 Å². The lowest BCUT2D eigenvalue weighted by atomic mass is 9.87. The van der Waals surface area contributed by atoms with Gasteiger partial charge in [0.25, 0.3) is 0 Å². The summed E-state index contributed by atoms with van der Waals surface area (Å²) in [6.45, 7) is 2.97. The highest BCUT2D eigenvalue weighted by atomic mass is 19.1. The zero-order valence-electron chi connectivity index (χ0n) is 10.1. The van der Waals surface area contributed by atoms with E-state index in [9.17, 15) is 9.18 Å². The lowest BCUT2D eigenvalue weighted by molar-refractivity contribution is -0.123. The number of rotatable bonds is 3. The van der Waals surface area contributed by atoms with Crippen molar-refractivity contribution in [3.8, 4) is 0 Å². The van der Waals surface area contributed by atoms with Crippen LogP contribution in [0.15, 0.2) is 24.3 Å². The second-order valence-electron chi connectivity index (χ2n) is 4.81. The fourth-order valence-corrected chi connectivity index (χ4v) is 2.40. The average Bonchev–Trinajstić information content (AvgIpc) is 2.32. The number of carbonyl (C=O) groups is 1. The molecule has 0 radical (unpaired) electrons. The highest BCUT2D eigenvalue weighted by Crippen LogP contribution is 2.19. The third-order valence-electron chi connectivity index (χ3n) is 3.40. The minimum absolute atomic E-state index is 0.0888. The van der Waals surface area contributed by atoms with Gasteiger partial charge in [-0.3, -0.25) is 4.79 Å². The molecule has 1 aliphatic heterocycles. The number of hydrogen-bond donors (Lipinski definition) is 1. The molecule has 17 heavy (non-hydrogen) atoms. The van der Waals surface area contributed by atoms with Crippen molar-refractivity contribution in [3.05, 3.63) is 35.6 Å². The van der Waals surface area contributed by atoms with E-state index in [1.165, 1.54) is 6.07 Å². The molecule has 0 bridgehead atoms. The van der Waals surface area contributed by atoms with Crippen LogP contribution < -0.4 is 5.32 Å². The van der Waals surface area contributed by atoms with Crippen LogP contribution in [0.2, 0.25) is 0 Å². The van der Waals surface area contributed by atoms with Gasteiger partial charge in [-0.15, -0.1) is 0 Å². The van der Waals surface area contributed by atoms with Crippen LogP contribution in [0, 0.1) is 11.7 Å². The molecular weight excluding hydrogens is 217 g/mol. The summed E-state index contributed by atoms with van der Waals surface area (Å²) in [5.41, 5.74) is 0.517. The molecule has 0 aromatic heterocycles. The van der Waals surface area contributed by atoms with Crippen LogP contribution in [0.3, 0.4) is 0 Å². The average molecular weight is 235 g/mol. The zero-order valence-corrected chi connectivity index (χ0v) is 10.1. The summed E-state index contributed by atoms with van der Waals surface area (Å²) >= 11 is 0. The molecule has 1 aromatic carbocycles. The predicted molar refractivity (Wildman–Crippen MR) is 65.3 cm³/mol. The Labute approximate surface area is 101 Å². The van der Waals surface area contributed by atoms with E-state index in [0.717, 1.165) is 19.4 Å². The number of hydrogen-bond acceptors (Lipinski definition) is 2. The smallest absolute Gasteiger partial charge is 0.140 e. The van der Waals surface area contributed by atoms with Gasteiger partial charge in [-0.05, 0) is 37.9 Å². The van der Waals surface area contributed by atoms with Gasteiger partial charge in [0.1, 0.15) is 11.6 Å². The Balaban J connectivity index is 1.99. The van der Waals surface area contributed by atoms with E-state index in [2.05, 4.69) is 12.2 Å². The SMILES string of the molecule is C[C@@H]1C[C@H](C(=O)Cc2ccccc2F)CCN1. The molecule has 2 nitrogen and oxygen atoms in total. The Morgan fingerprint density at radius 2 is 2.24 bits per heavy atom. The summed E-state index contributed by atoms with van der Waals surface area (Å²) in [7, 11) is 0. The van der Waals surface area contributed by atoms with E-state index in [0.29, 0.717) is 11.6 Å². The number of carbonyl (C=O) groups excluding carboxylic acids is 1. The molecule has 1 heterocycles. The third kappa shape index (κ3) is 3.13. The van der Waals surface area contributed by atoms with E-state index >= 15 is 0 Å². The number of benzene rings is 1. The first-order chi connectivity index (χ1) is 8.16. The van der Waals surface area contributed by atoms with Crippen LogP contribution in [0.1, 0.15) is 25.3 Å². The molecule has 0 saturated carbocycles. The van der Waals surface area contributed by atoms with Crippen LogP contribution in [0.5, 0.6) is 0 Å². The monoisotopic (exact) mass is 235 g/mol. The molecule has 0 unspecified atom stereocenters. The van der Waals surface area contributed by atoms with Gasteiger partial charge in [0.2, 0.25) is 0 Å². The summed E-state index contributed by atoms with van der Waals surface area (Å²) in [6.07, 6.45) is 1.97. The van der Waals surface area contributed by atoms with Gasteiger partial charge < -0.3 is 5.32 Å². The van der Waals surface area contributed by atoms with Crippen molar-refractivity contribution in [2.24, 2.45) is 5.92 Å². The van der Waals surface area contributed by atoms with Crippen molar-refractivity contribution >= 4 is 5.78 Å².